The Morgan fingerprint density at radius 1 is 1.09 bits per heavy atom. The van der Waals surface area contributed by atoms with Crippen LogP contribution in [-0.4, -0.2) is 25.7 Å². The number of benzene rings is 2. The molecule has 110 valence electrons. The summed E-state index contributed by atoms with van der Waals surface area (Å²) in [5.41, 5.74) is 4.89. The largest absolute Gasteiger partial charge is 0.496 e. The van der Waals surface area contributed by atoms with E-state index in [1.807, 2.05) is 18.5 Å². The molecule has 0 fully saturated rings. The van der Waals surface area contributed by atoms with E-state index in [1.54, 1.807) is 7.11 Å². The first kappa shape index (κ1) is 13.1. The fourth-order valence-electron chi connectivity index (χ4n) is 3.41. The third-order valence-electron chi connectivity index (χ3n) is 4.47. The number of rotatable bonds is 2. The van der Waals surface area contributed by atoms with Crippen LogP contribution in [0.3, 0.4) is 0 Å². The van der Waals surface area contributed by atoms with Gasteiger partial charge in [-0.25, -0.2) is 0 Å². The van der Waals surface area contributed by atoms with Gasteiger partial charge in [0, 0.05) is 37.1 Å². The lowest BCUT2D eigenvalue weighted by Crippen LogP contribution is -2.13. The minimum absolute atomic E-state index is 0.897. The normalized spacial score (nSPS) is 13.5. The molecular weight excluding hydrogens is 272 g/mol. The summed E-state index contributed by atoms with van der Waals surface area (Å²) in [5, 5.41) is 2.42. The molecule has 0 amide bonds. The van der Waals surface area contributed by atoms with E-state index in [4.69, 9.17) is 4.74 Å². The zero-order valence-corrected chi connectivity index (χ0v) is 12.8. The summed E-state index contributed by atoms with van der Waals surface area (Å²) >= 11 is 0. The van der Waals surface area contributed by atoms with Crippen LogP contribution in [0.1, 0.15) is 5.56 Å². The molecule has 22 heavy (non-hydrogen) atoms. The number of fused-ring (bicyclic) bond motifs is 2. The van der Waals surface area contributed by atoms with Crippen LogP contribution in [0.4, 0.5) is 5.69 Å². The molecule has 3 aromatic rings. The standard InChI is InChI=1S/C19H18N2O/c1-21-10-9-14-11-20-12-16(19(14)21)18-15-6-4-3-5-13(15)7-8-17(18)22-2/h3-8,11-12H,9-10H2,1-2H3. The van der Waals surface area contributed by atoms with Crippen molar-refractivity contribution in [1.82, 2.24) is 4.98 Å². The Hall–Kier alpha value is -2.55. The maximum Gasteiger partial charge on any atom is 0.127 e. The number of aromatic nitrogens is 1. The molecule has 0 bridgehead atoms. The quantitative estimate of drug-likeness (QED) is 0.715. The van der Waals surface area contributed by atoms with E-state index < -0.39 is 0 Å². The van der Waals surface area contributed by atoms with Gasteiger partial charge in [0.1, 0.15) is 5.75 Å². The van der Waals surface area contributed by atoms with Crippen molar-refractivity contribution in [3.63, 3.8) is 0 Å². The van der Waals surface area contributed by atoms with Crippen molar-refractivity contribution >= 4 is 16.5 Å². The number of methoxy groups -OCH3 is 1. The van der Waals surface area contributed by atoms with Crippen LogP contribution in [-0.2, 0) is 6.42 Å². The van der Waals surface area contributed by atoms with Gasteiger partial charge < -0.3 is 9.64 Å². The molecule has 0 saturated carbocycles. The van der Waals surface area contributed by atoms with Gasteiger partial charge >= 0.3 is 0 Å². The van der Waals surface area contributed by atoms with Gasteiger partial charge in [-0.2, -0.15) is 0 Å². The maximum atomic E-state index is 5.66. The summed E-state index contributed by atoms with van der Waals surface area (Å²) in [6.07, 6.45) is 5.00. The molecule has 3 nitrogen and oxygen atoms in total. The number of anilines is 1. The van der Waals surface area contributed by atoms with Crippen LogP contribution >= 0.6 is 0 Å². The third-order valence-corrected chi connectivity index (χ3v) is 4.47. The molecule has 0 aliphatic carbocycles. The lowest BCUT2D eigenvalue weighted by molar-refractivity contribution is 0.417. The van der Waals surface area contributed by atoms with Gasteiger partial charge in [-0.05, 0) is 28.8 Å². The lowest BCUT2D eigenvalue weighted by atomic mass is 9.96. The average molecular weight is 290 g/mol. The van der Waals surface area contributed by atoms with E-state index in [-0.39, 0.29) is 0 Å². The second kappa shape index (κ2) is 5.02. The van der Waals surface area contributed by atoms with Crippen molar-refractivity contribution in [2.75, 3.05) is 25.6 Å². The Labute approximate surface area is 130 Å². The molecule has 1 aliphatic heterocycles. The van der Waals surface area contributed by atoms with Gasteiger partial charge in [0.05, 0.1) is 12.8 Å². The number of likely N-dealkylation sites (N-methyl/N-ethyl adjacent to an activating group) is 1. The summed E-state index contributed by atoms with van der Waals surface area (Å²) < 4.78 is 5.66. The first-order valence-electron chi connectivity index (χ1n) is 7.53. The van der Waals surface area contributed by atoms with Crippen LogP contribution in [0.2, 0.25) is 0 Å². The Kier molecular flexibility index (Phi) is 3.00. The molecule has 0 unspecified atom stereocenters. The topological polar surface area (TPSA) is 25.4 Å². The average Bonchev–Trinajstić information content (AvgIpc) is 2.95. The molecular formula is C19H18N2O. The van der Waals surface area contributed by atoms with Gasteiger partial charge in [0.25, 0.3) is 0 Å². The van der Waals surface area contributed by atoms with E-state index in [1.165, 1.54) is 22.0 Å². The van der Waals surface area contributed by atoms with Crippen molar-refractivity contribution in [2.45, 2.75) is 6.42 Å². The second-order valence-electron chi connectivity index (χ2n) is 5.73. The van der Waals surface area contributed by atoms with Crippen molar-refractivity contribution in [3.05, 3.63) is 54.4 Å². The highest BCUT2D eigenvalue weighted by atomic mass is 16.5. The van der Waals surface area contributed by atoms with Gasteiger partial charge in [0.15, 0.2) is 0 Å². The number of pyridine rings is 1. The van der Waals surface area contributed by atoms with Crippen LogP contribution in [0.15, 0.2) is 48.8 Å². The summed E-state index contributed by atoms with van der Waals surface area (Å²) in [7, 11) is 3.88. The minimum atomic E-state index is 0.897. The van der Waals surface area contributed by atoms with Crippen LogP contribution in [0.5, 0.6) is 5.75 Å². The van der Waals surface area contributed by atoms with E-state index in [0.717, 1.165) is 29.8 Å². The molecule has 1 aromatic heterocycles. The second-order valence-corrected chi connectivity index (χ2v) is 5.73. The van der Waals surface area contributed by atoms with Crippen molar-refractivity contribution in [3.8, 4) is 16.9 Å². The smallest absolute Gasteiger partial charge is 0.127 e. The van der Waals surface area contributed by atoms with Crippen LogP contribution in [0, 0.1) is 0 Å². The first-order valence-corrected chi connectivity index (χ1v) is 7.53. The monoisotopic (exact) mass is 290 g/mol. The van der Waals surface area contributed by atoms with Crippen molar-refractivity contribution < 1.29 is 4.74 Å². The molecule has 0 radical (unpaired) electrons. The van der Waals surface area contributed by atoms with Crippen LogP contribution in [0.25, 0.3) is 21.9 Å². The first-order chi connectivity index (χ1) is 10.8. The Balaban J connectivity index is 2.09. The molecule has 2 aromatic carbocycles. The van der Waals surface area contributed by atoms with Gasteiger partial charge in [-0.15, -0.1) is 0 Å². The van der Waals surface area contributed by atoms with Crippen LogP contribution < -0.4 is 9.64 Å². The zero-order valence-electron chi connectivity index (χ0n) is 12.8. The minimum Gasteiger partial charge on any atom is -0.496 e. The van der Waals surface area contributed by atoms with Crippen molar-refractivity contribution in [2.24, 2.45) is 0 Å². The molecule has 4 rings (SSSR count). The Bertz CT molecular complexity index is 857. The maximum absolute atomic E-state index is 5.66. The number of hydrogen-bond donors (Lipinski definition) is 0. The molecule has 3 heteroatoms. The van der Waals surface area contributed by atoms with E-state index in [0.29, 0.717) is 0 Å². The van der Waals surface area contributed by atoms with E-state index in [9.17, 15) is 0 Å². The summed E-state index contributed by atoms with van der Waals surface area (Å²) in [6, 6.07) is 12.6. The fraction of sp³-hybridized carbons (Fsp3) is 0.211. The number of nitrogens with zero attached hydrogens (tertiary/aromatic N) is 2. The van der Waals surface area contributed by atoms with Gasteiger partial charge in [-0.3, -0.25) is 4.98 Å². The number of hydrogen-bond acceptors (Lipinski definition) is 3. The molecule has 0 saturated heterocycles. The third kappa shape index (κ3) is 1.86. The van der Waals surface area contributed by atoms with E-state index >= 15 is 0 Å². The fourth-order valence-corrected chi connectivity index (χ4v) is 3.41. The van der Waals surface area contributed by atoms with Gasteiger partial charge in [0.2, 0.25) is 0 Å². The predicted octanol–water partition coefficient (Wildman–Crippen LogP) is 3.90. The summed E-state index contributed by atoms with van der Waals surface area (Å²) in [6.45, 7) is 1.04. The SMILES string of the molecule is COc1ccc2ccccc2c1-c1cncc2c1N(C)CC2. The van der Waals surface area contributed by atoms with Gasteiger partial charge in [-0.1, -0.05) is 30.3 Å². The molecule has 0 N–H and O–H groups in total. The van der Waals surface area contributed by atoms with E-state index in [2.05, 4.69) is 47.3 Å². The highest BCUT2D eigenvalue weighted by molar-refractivity contribution is 6.03. The molecule has 0 spiro atoms. The Morgan fingerprint density at radius 2 is 1.95 bits per heavy atom. The highest BCUT2D eigenvalue weighted by Crippen LogP contribution is 2.43. The summed E-state index contributed by atoms with van der Waals surface area (Å²) in [4.78, 5) is 6.78. The lowest BCUT2D eigenvalue weighted by Gasteiger charge is -2.19. The number of ether oxygens (including phenoxy) is 1. The Morgan fingerprint density at radius 3 is 2.82 bits per heavy atom. The highest BCUT2D eigenvalue weighted by Gasteiger charge is 2.23. The molecule has 0 atom stereocenters. The molecule has 1 aliphatic rings. The predicted molar refractivity (Wildman–Crippen MR) is 90.7 cm³/mol. The zero-order chi connectivity index (χ0) is 15.1. The van der Waals surface area contributed by atoms with Crippen molar-refractivity contribution in [1.29, 1.82) is 0 Å². The molecule has 2 heterocycles. The summed E-state index contributed by atoms with van der Waals surface area (Å²) in [5.74, 6) is 0.897.